The molecule has 0 aliphatic carbocycles. The number of nitrogens with zero attached hydrogens (tertiary/aromatic N) is 3. The fourth-order valence-electron chi connectivity index (χ4n) is 1.81. The zero-order valence-corrected chi connectivity index (χ0v) is 9.14. The maximum Gasteiger partial charge on any atom is 0.149 e. The monoisotopic (exact) mass is 232 g/mol. The van der Waals surface area contributed by atoms with Crippen molar-refractivity contribution in [2.75, 3.05) is 13.2 Å². The van der Waals surface area contributed by atoms with Gasteiger partial charge in [0.25, 0.3) is 0 Å². The predicted molar refractivity (Wildman–Crippen MR) is 58.6 cm³/mol. The molecule has 1 radical (unpaired) electrons. The van der Waals surface area contributed by atoms with Crippen molar-refractivity contribution in [1.82, 2.24) is 14.8 Å². The summed E-state index contributed by atoms with van der Waals surface area (Å²) in [5, 5.41) is 4.22. The molecule has 0 spiro atoms. The lowest BCUT2D eigenvalue weighted by atomic mass is 10.1. The Morgan fingerprint density at radius 2 is 2.35 bits per heavy atom. The van der Waals surface area contributed by atoms with Crippen LogP contribution >= 0.6 is 0 Å². The molecule has 0 aromatic carbocycles. The van der Waals surface area contributed by atoms with Gasteiger partial charge in [-0.2, -0.15) is 5.10 Å². The third kappa shape index (κ3) is 2.06. The highest BCUT2D eigenvalue weighted by atomic mass is 19.1. The Hall–Kier alpha value is -1.75. The lowest BCUT2D eigenvalue weighted by Gasteiger charge is -2.25. The van der Waals surface area contributed by atoms with Crippen molar-refractivity contribution in [2.24, 2.45) is 5.92 Å². The van der Waals surface area contributed by atoms with Gasteiger partial charge in [0.15, 0.2) is 0 Å². The number of aromatic nitrogens is 3. The molecule has 17 heavy (non-hydrogen) atoms. The van der Waals surface area contributed by atoms with Crippen LogP contribution in [0.5, 0.6) is 0 Å². The second kappa shape index (κ2) is 4.25. The Kier molecular flexibility index (Phi) is 2.60. The highest BCUT2D eigenvalue weighted by Crippen LogP contribution is 2.21. The van der Waals surface area contributed by atoms with Crippen LogP contribution < -0.4 is 0 Å². The Balaban J connectivity index is 1.82. The minimum atomic E-state index is -0.352. The van der Waals surface area contributed by atoms with Gasteiger partial charge in [-0.1, -0.05) is 0 Å². The standard InChI is InChI=1S/C12H11FN3O/c13-12-4-14-2-1-11(12)10-3-15-16(6-10)5-9-7-17-8-9/h1,3-4,6,9H,5,7-8H2. The second-order valence-electron chi connectivity index (χ2n) is 4.15. The molecule has 0 unspecified atom stereocenters. The molecule has 87 valence electrons. The minimum absolute atomic E-state index is 0.352. The molecular weight excluding hydrogens is 221 g/mol. The largest absolute Gasteiger partial charge is 0.381 e. The highest BCUT2D eigenvalue weighted by Gasteiger charge is 2.19. The minimum Gasteiger partial charge on any atom is -0.381 e. The van der Waals surface area contributed by atoms with Gasteiger partial charge in [-0.15, -0.1) is 0 Å². The van der Waals surface area contributed by atoms with Gasteiger partial charge >= 0.3 is 0 Å². The van der Waals surface area contributed by atoms with Crippen molar-refractivity contribution in [3.8, 4) is 11.1 Å². The van der Waals surface area contributed by atoms with E-state index in [-0.39, 0.29) is 5.82 Å². The fraction of sp³-hybridized carbons (Fsp3) is 0.333. The SMILES string of the molecule is Fc1cn[c]cc1-c1cnn(CC2COC2)c1. The topological polar surface area (TPSA) is 39.9 Å². The van der Waals surface area contributed by atoms with Gasteiger partial charge in [0.2, 0.25) is 0 Å². The Morgan fingerprint density at radius 3 is 3.06 bits per heavy atom. The van der Waals surface area contributed by atoms with Crippen LogP contribution in [-0.4, -0.2) is 28.0 Å². The van der Waals surface area contributed by atoms with E-state index in [1.807, 2.05) is 10.9 Å². The van der Waals surface area contributed by atoms with Crippen molar-refractivity contribution < 1.29 is 9.13 Å². The first kappa shape index (κ1) is 10.4. The van der Waals surface area contributed by atoms with Gasteiger partial charge in [0.05, 0.1) is 31.8 Å². The zero-order valence-electron chi connectivity index (χ0n) is 9.14. The van der Waals surface area contributed by atoms with Gasteiger partial charge in [0.1, 0.15) is 5.82 Å². The second-order valence-corrected chi connectivity index (χ2v) is 4.15. The van der Waals surface area contributed by atoms with E-state index in [1.54, 1.807) is 6.20 Å². The molecule has 5 heteroatoms. The van der Waals surface area contributed by atoms with E-state index in [0.717, 1.165) is 31.5 Å². The van der Waals surface area contributed by atoms with Gasteiger partial charge in [-0.05, 0) is 6.07 Å². The molecule has 1 aliphatic heterocycles. The van der Waals surface area contributed by atoms with Crippen LogP contribution in [0, 0.1) is 17.9 Å². The molecule has 1 saturated heterocycles. The molecule has 0 amide bonds. The third-order valence-electron chi connectivity index (χ3n) is 2.82. The van der Waals surface area contributed by atoms with Crippen molar-refractivity contribution in [3.05, 3.63) is 36.7 Å². The fourth-order valence-corrected chi connectivity index (χ4v) is 1.81. The molecule has 0 bridgehead atoms. The molecular formula is C12H11FN3O. The molecule has 1 aliphatic rings. The third-order valence-corrected chi connectivity index (χ3v) is 2.82. The Morgan fingerprint density at radius 1 is 1.47 bits per heavy atom. The van der Waals surface area contributed by atoms with Crippen molar-refractivity contribution in [2.45, 2.75) is 6.54 Å². The summed E-state index contributed by atoms with van der Waals surface area (Å²) in [5.41, 5.74) is 1.23. The van der Waals surface area contributed by atoms with Gasteiger partial charge in [-0.3, -0.25) is 9.67 Å². The summed E-state index contributed by atoms with van der Waals surface area (Å²) < 4.78 is 20.4. The van der Waals surface area contributed by atoms with Crippen LogP contribution in [0.4, 0.5) is 4.39 Å². The summed E-state index contributed by atoms with van der Waals surface area (Å²) in [6.45, 7) is 2.38. The molecule has 4 nitrogen and oxygen atoms in total. The molecule has 0 N–H and O–H groups in total. The summed E-state index contributed by atoms with van der Waals surface area (Å²) in [5.74, 6) is 0.173. The summed E-state index contributed by atoms with van der Waals surface area (Å²) in [4.78, 5) is 3.60. The Labute approximate surface area is 98.0 Å². The van der Waals surface area contributed by atoms with Crippen LogP contribution in [0.1, 0.15) is 0 Å². The van der Waals surface area contributed by atoms with Crippen molar-refractivity contribution in [1.29, 1.82) is 0 Å². The van der Waals surface area contributed by atoms with Crippen LogP contribution in [0.3, 0.4) is 0 Å². The van der Waals surface area contributed by atoms with E-state index < -0.39 is 0 Å². The van der Waals surface area contributed by atoms with E-state index in [2.05, 4.69) is 16.3 Å². The first-order chi connectivity index (χ1) is 8.33. The maximum atomic E-state index is 13.5. The molecule has 0 saturated carbocycles. The normalized spacial score (nSPS) is 15.8. The van der Waals surface area contributed by atoms with Gasteiger partial charge in [0, 0.05) is 29.8 Å². The Bertz CT molecular complexity index is 522. The summed E-state index contributed by atoms with van der Waals surface area (Å²) >= 11 is 0. The smallest absolute Gasteiger partial charge is 0.149 e. The first-order valence-electron chi connectivity index (χ1n) is 5.45. The lowest BCUT2D eigenvalue weighted by molar-refractivity contribution is -0.0408. The molecule has 3 heterocycles. The van der Waals surface area contributed by atoms with E-state index in [9.17, 15) is 4.39 Å². The molecule has 3 rings (SSSR count). The van der Waals surface area contributed by atoms with E-state index in [0.29, 0.717) is 11.5 Å². The maximum absolute atomic E-state index is 13.5. The molecule has 0 atom stereocenters. The molecule has 2 aromatic heterocycles. The van der Waals surface area contributed by atoms with Crippen molar-refractivity contribution in [3.63, 3.8) is 0 Å². The van der Waals surface area contributed by atoms with E-state index in [1.165, 1.54) is 6.07 Å². The van der Waals surface area contributed by atoms with Gasteiger partial charge in [-0.25, -0.2) is 4.39 Å². The van der Waals surface area contributed by atoms with E-state index >= 15 is 0 Å². The molecule has 2 aromatic rings. The van der Waals surface area contributed by atoms with Crippen LogP contribution in [0.15, 0.2) is 24.7 Å². The summed E-state index contributed by atoms with van der Waals surface area (Å²) in [6, 6.07) is 1.53. The van der Waals surface area contributed by atoms with Crippen LogP contribution in [0.2, 0.25) is 0 Å². The van der Waals surface area contributed by atoms with Crippen molar-refractivity contribution >= 4 is 0 Å². The zero-order chi connectivity index (χ0) is 11.7. The number of hydrogen-bond acceptors (Lipinski definition) is 3. The highest BCUT2D eigenvalue weighted by molar-refractivity contribution is 5.61. The van der Waals surface area contributed by atoms with Gasteiger partial charge < -0.3 is 4.74 Å². The van der Waals surface area contributed by atoms with Crippen LogP contribution in [-0.2, 0) is 11.3 Å². The number of rotatable bonds is 3. The number of halogens is 1. The summed E-state index contributed by atoms with van der Waals surface area (Å²) in [6.07, 6.45) is 7.28. The average Bonchev–Trinajstić information content (AvgIpc) is 2.73. The first-order valence-corrected chi connectivity index (χ1v) is 5.45. The van der Waals surface area contributed by atoms with Crippen LogP contribution in [0.25, 0.3) is 11.1 Å². The number of hydrogen-bond donors (Lipinski definition) is 0. The molecule has 1 fully saturated rings. The predicted octanol–water partition coefficient (Wildman–Crippen LogP) is 1.53. The average molecular weight is 232 g/mol. The number of pyridine rings is 1. The summed E-state index contributed by atoms with van der Waals surface area (Å²) in [7, 11) is 0. The number of ether oxygens (including phenoxy) is 1. The quantitative estimate of drug-likeness (QED) is 0.805. The lowest BCUT2D eigenvalue weighted by Crippen LogP contribution is -2.31. The van der Waals surface area contributed by atoms with E-state index in [4.69, 9.17) is 4.74 Å².